The molecule has 1 aliphatic heterocycles. The Morgan fingerprint density at radius 2 is 1.88 bits per heavy atom. The Labute approximate surface area is 151 Å². The molecule has 26 heavy (non-hydrogen) atoms. The summed E-state index contributed by atoms with van der Waals surface area (Å²) in [6.07, 6.45) is -1.97. The Hall–Kier alpha value is -1.87. The number of ether oxygens (including phenoxy) is 3. The zero-order chi connectivity index (χ0) is 19.6. The van der Waals surface area contributed by atoms with Gasteiger partial charge < -0.3 is 19.3 Å². The predicted octanol–water partition coefficient (Wildman–Crippen LogP) is 2.07. The maximum atomic E-state index is 13.3. The minimum Gasteiger partial charge on any atom is -0.366 e. The topological polar surface area (TPSA) is 85.3 Å². The Bertz CT molecular complexity index is 687. The molecule has 0 fully saturated rings. The fourth-order valence-corrected chi connectivity index (χ4v) is 2.75. The summed E-state index contributed by atoms with van der Waals surface area (Å²) in [5.41, 5.74) is -0.0888. The second kappa shape index (κ2) is 7.79. The number of anilines is 1. The van der Waals surface area contributed by atoms with Crippen LogP contribution >= 0.6 is 0 Å². The van der Waals surface area contributed by atoms with Gasteiger partial charge in [-0.1, -0.05) is 20.8 Å². The average molecular weight is 369 g/mol. The van der Waals surface area contributed by atoms with Crippen LogP contribution in [0.25, 0.3) is 0 Å². The van der Waals surface area contributed by atoms with E-state index in [0.717, 1.165) is 17.0 Å². The minimum absolute atomic E-state index is 0.0301. The molecule has 3 unspecified atom stereocenters. The smallest absolute Gasteiger partial charge is 0.299 e. The van der Waals surface area contributed by atoms with Crippen molar-refractivity contribution in [3.63, 3.8) is 0 Å². The van der Waals surface area contributed by atoms with Gasteiger partial charge >= 0.3 is 0 Å². The number of nitrogens with zero attached hydrogens (tertiary/aromatic N) is 1. The molecular weight excluding hydrogens is 345 g/mol. The second-order valence-corrected chi connectivity index (χ2v) is 7.18. The van der Waals surface area contributed by atoms with Gasteiger partial charge in [0, 0.05) is 12.5 Å². The van der Waals surface area contributed by atoms with Crippen LogP contribution in [-0.4, -0.2) is 49.3 Å². The number of hydrogen-bond donors (Lipinski definition) is 1. The molecule has 0 saturated heterocycles. The van der Waals surface area contributed by atoms with Gasteiger partial charge in [0.15, 0.2) is 19.4 Å². The van der Waals surface area contributed by atoms with Gasteiger partial charge in [-0.2, -0.15) is 0 Å². The highest BCUT2D eigenvalue weighted by atomic mass is 19.1. The number of ketones is 1. The summed E-state index contributed by atoms with van der Waals surface area (Å²) in [7, 11) is 1.50. The lowest BCUT2D eigenvalue weighted by molar-refractivity contribution is -0.256. The molecule has 0 saturated carbocycles. The van der Waals surface area contributed by atoms with Gasteiger partial charge in [-0.05, 0) is 25.1 Å². The van der Waals surface area contributed by atoms with Gasteiger partial charge in [-0.3, -0.25) is 14.5 Å². The molecule has 0 spiro atoms. The number of hydrogen-bond acceptors (Lipinski definition) is 6. The number of methoxy groups -OCH3 is 1. The molecule has 0 aromatic heterocycles. The standard InChI is InChI=1S/C18H24FNO6/c1-10(16(23)25-9-26-17(24-5)18(2,3)4)20-13-7-6-11(19)8-12(13)14(21)15(20)22/h6-8,10,16-17,23H,9H2,1-5H3. The van der Waals surface area contributed by atoms with E-state index in [1.54, 1.807) is 0 Å². The van der Waals surface area contributed by atoms with Crippen LogP contribution in [0.5, 0.6) is 0 Å². The fraction of sp³-hybridized carbons (Fsp3) is 0.556. The molecule has 0 radical (unpaired) electrons. The van der Waals surface area contributed by atoms with Crippen molar-refractivity contribution in [1.29, 1.82) is 0 Å². The van der Waals surface area contributed by atoms with E-state index in [9.17, 15) is 19.1 Å². The number of Topliss-reactive ketones (excluding diaryl/α,β-unsaturated/α-hetero) is 1. The Morgan fingerprint density at radius 1 is 1.23 bits per heavy atom. The molecule has 1 heterocycles. The molecule has 1 N–H and O–H groups in total. The molecule has 0 bridgehead atoms. The number of halogens is 1. The minimum atomic E-state index is -1.42. The van der Waals surface area contributed by atoms with Gasteiger partial charge in [-0.15, -0.1) is 0 Å². The molecule has 8 heteroatoms. The van der Waals surface area contributed by atoms with Gasteiger partial charge in [0.2, 0.25) is 0 Å². The van der Waals surface area contributed by atoms with Crippen LogP contribution in [0, 0.1) is 11.2 Å². The summed E-state index contributed by atoms with van der Waals surface area (Å²) < 4.78 is 29.2. The van der Waals surface area contributed by atoms with Crippen molar-refractivity contribution in [2.45, 2.75) is 46.3 Å². The van der Waals surface area contributed by atoms with Crippen molar-refractivity contribution in [3.8, 4) is 0 Å². The van der Waals surface area contributed by atoms with E-state index in [2.05, 4.69) is 0 Å². The van der Waals surface area contributed by atoms with Gasteiger partial charge in [0.1, 0.15) is 5.82 Å². The summed E-state index contributed by atoms with van der Waals surface area (Å²) in [5, 5.41) is 10.2. The molecule has 1 aliphatic rings. The lowest BCUT2D eigenvalue weighted by atomic mass is 9.96. The Kier molecular flexibility index (Phi) is 6.13. The largest absolute Gasteiger partial charge is 0.366 e. The summed E-state index contributed by atoms with van der Waals surface area (Å²) in [6.45, 7) is 7.01. The fourth-order valence-electron chi connectivity index (χ4n) is 2.75. The first-order valence-electron chi connectivity index (χ1n) is 8.19. The van der Waals surface area contributed by atoms with Crippen LogP contribution < -0.4 is 4.90 Å². The number of benzene rings is 1. The molecule has 1 aromatic rings. The predicted molar refractivity (Wildman–Crippen MR) is 91.0 cm³/mol. The van der Waals surface area contributed by atoms with Gasteiger partial charge in [-0.25, -0.2) is 4.39 Å². The number of amides is 1. The van der Waals surface area contributed by atoms with Crippen molar-refractivity contribution >= 4 is 17.4 Å². The van der Waals surface area contributed by atoms with E-state index in [1.807, 2.05) is 20.8 Å². The highest BCUT2D eigenvalue weighted by Gasteiger charge is 2.41. The first-order valence-corrected chi connectivity index (χ1v) is 8.19. The van der Waals surface area contributed by atoms with E-state index < -0.39 is 36.1 Å². The second-order valence-electron chi connectivity index (χ2n) is 7.18. The third kappa shape index (κ3) is 4.09. The highest BCUT2D eigenvalue weighted by molar-refractivity contribution is 6.52. The third-order valence-corrected chi connectivity index (χ3v) is 4.08. The first kappa shape index (κ1) is 20.4. The highest BCUT2D eigenvalue weighted by Crippen LogP contribution is 2.32. The molecule has 1 aromatic carbocycles. The summed E-state index contributed by atoms with van der Waals surface area (Å²) in [5.74, 6) is -2.27. The number of carbonyl (C=O) groups excluding carboxylic acids is 2. The van der Waals surface area contributed by atoms with Crippen molar-refractivity contribution in [1.82, 2.24) is 0 Å². The Morgan fingerprint density at radius 3 is 2.46 bits per heavy atom. The number of fused-ring (bicyclic) bond motifs is 1. The van der Waals surface area contributed by atoms with E-state index >= 15 is 0 Å². The molecule has 7 nitrogen and oxygen atoms in total. The normalized spacial score (nSPS) is 18.0. The first-order chi connectivity index (χ1) is 12.1. The molecule has 1 amide bonds. The molecule has 3 atom stereocenters. The quantitative estimate of drug-likeness (QED) is 0.585. The molecular formula is C18H24FNO6. The number of rotatable bonds is 7. The van der Waals surface area contributed by atoms with Gasteiger partial charge in [0.25, 0.3) is 11.7 Å². The maximum Gasteiger partial charge on any atom is 0.299 e. The van der Waals surface area contributed by atoms with E-state index in [-0.39, 0.29) is 23.5 Å². The molecule has 144 valence electrons. The maximum absolute atomic E-state index is 13.3. The molecule has 2 rings (SSSR count). The zero-order valence-corrected chi connectivity index (χ0v) is 15.5. The lowest BCUT2D eigenvalue weighted by Crippen LogP contribution is -2.46. The van der Waals surface area contributed by atoms with E-state index in [4.69, 9.17) is 14.2 Å². The van der Waals surface area contributed by atoms with Crippen molar-refractivity contribution in [3.05, 3.63) is 29.6 Å². The summed E-state index contributed by atoms with van der Waals surface area (Å²) in [6, 6.07) is 2.60. The van der Waals surface area contributed by atoms with Crippen LogP contribution in [0.3, 0.4) is 0 Å². The Balaban J connectivity index is 2.04. The van der Waals surface area contributed by atoms with Crippen LogP contribution in [0.15, 0.2) is 18.2 Å². The summed E-state index contributed by atoms with van der Waals surface area (Å²) >= 11 is 0. The number of aliphatic hydroxyl groups excluding tert-OH is 1. The zero-order valence-electron chi connectivity index (χ0n) is 15.5. The van der Waals surface area contributed by atoms with Crippen LogP contribution in [0.2, 0.25) is 0 Å². The van der Waals surface area contributed by atoms with Crippen LogP contribution in [0.4, 0.5) is 10.1 Å². The summed E-state index contributed by atoms with van der Waals surface area (Å²) in [4.78, 5) is 25.3. The monoisotopic (exact) mass is 369 g/mol. The van der Waals surface area contributed by atoms with Crippen molar-refractivity contribution < 1.29 is 33.3 Å². The van der Waals surface area contributed by atoms with E-state index in [1.165, 1.54) is 20.1 Å². The lowest BCUT2D eigenvalue weighted by Gasteiger charge is -2.31. The number of aliphatic hydroxyl groups is 1. The SMILES string of the molecule is COC(OCOC(O)C(C)N1C(=O)C(=O)c2cc(F)ccc21)C(C)(C)C. The van der Waals surface area contributed by atoms with E-state index in [0.29, 0.717) is 0 Å². The van der Waals surface area contributed by atoms with Crippen molar-refractivity contribution in [2.24, 2.45) is 5.41 Å². The average Bonchev–Trinajstić information content (AvgIpc) is 2.80. The van der Waals surface area contributed by atoms with Crippen LogP contribution in [-0.2, 0) is 19.0 Å². The van der Waals surface area contributed by atoms with Crippen molar-refractivity contribution in [2.75, 3.05) is 18.8 Å². The number of carbonyl (C=O) groups is 2. The third-order valence-electron chi connectivity index (χ3n) is 4.08. The van der Waals surface area contributed by atoms with Gasteiger partial charge in [0.05, 0.1) is 17.3 Å². The van der Waals surface area contributed by atoms with Crippen LogP contribution in [0.1, 0.15) is 38.1 Å². The molecule has 0 aliphatic carbocycles.